The lowest BCUT2D eigenvalue weighted by atomic mass is 10.1. The van der Waals surface area contributed by atoms with Crippen LogP contribution in [0.15, 0.2) is 48.8 Å². The number of hydrogen-bond acceptors (Lipinski definition) is 4. The van der Waals surface area contributed by atoms with Gasteiger partial charge in [0, 0.05) is 19.5 Å². The van der Waals surface area contributed by atoms with Crippen molar-refractivity contribution in [3.63, 3.8) is 0 Å². The molecule has 0 aliphatic heterocycles. The molecule has 0 spiro atoms. The highest BCUT2D eigenvalue weighted by molar-refractivity contribution is 5.76. The van der Waals surface area contributed by atoms with Crippen molar-refractivity contribution in [3.8, 4) is 11.5 Å². The number of rotatable bonds is 9. The molecule has 0 aliphatic rings. The van der Waals surface area contributed by atoms with Crippen LogP contribution in [0.3, 0.4) is 0 Å². The summed E-state index contributed by atoms with van der Waals surface area (Å²) in [6, 6.07) is 13.8. The molecule has 6 nitrogen and oxygen atoms in total. The van der Waals surface area contributed by atoms with Crippen LogP contribution in [0.1, 0.15) is 18.4 Å². The van der Waals surface area contributed by atoms with Crippen LogP contribution in [0.2, 0.25) is 0 Å². The maximum atomic E-state index is 12.1. The minimum absolute atomic E-state index is 0.0558. The van der Waals surface area contributed by atoms with E-state index in [2.05, 4.69) is 20.9 Å². The molecule has 0 radical (unpaired) electrons. The molecule has 142 valence electrons. The average Bonchev–Trinajstić information content (AvgIpc) is 3.12. The number of amides is 1. The Morgan fingerprint density at radius 1 is 1.11 bits per heavy atom. The summed E-state index contributed by atoms with van der Waals surface area (Å²) in [5.41, 5.74) is 3.17. The van der Waals surface area contributed by atoms with Crippen LogP contribution in [-0.4, -0.2) is 36.2 Å². The number of aryl methyl sites for hydroxylation is 2. The minimum atomic E-state index is 0.0558. The van der Waals surface area contributed by atoms with E-state index in [-0.39, 0.29) is 5.91 Å². The SMILES string of the molecule is COc1ccc(CCC(=O)NCCCn2cnc3ccccc32)cc1OC. The van der Waals surface area contributed by atoms with Gasteiger partial charge in [0.05, 0.1) is 31.6 Å². The van der Waals surface area contributed by atoms with Crippen molar-refractivity contribution in [2.75, 3.05) is 20.8 Å². The number of imidazole rings is 1. The number of carbonyl (C=O) groups excluding carboxylic acids is 1. The highest BCUT2D eigenvalue weighted by atomic mass is 16.5. The molecule has 1 N–H and O–H groups in total. The van der Waals surface area contributed by atoms with Crippen molar-refractivity contribution in [3.05, 3.63) is 54.4 Å². The van der Waals surface area contributed by atoms with E-state index in [1.807, 2.05) is 42.7 Å². The molecule has 1 heterocycles. The maximum absolute atomic E-state index is 12.1. The number of para-hydroxylation sites is 2. The Morgan fingerprint density at radius 3 is 2.74 bits per heavy atom. The zero-order valence-corrected chi connectivity index (χ0v) is 15.8. The van der Waals surface area contributed by atoms with E-state index in [9.17, 15) is 4.79 Å². The van der Waals surface area contributed by atoms with E-state index in [4.69, 9.17) is 9.47 Å². The number of fused-ring (bicyclic) bond motifs is 1. The third-order valence-corrected chi connectivity index (χ3v) is 4.51. The second kappa shape index (κ2) is 9.07. The fourth-order valence-corrected chi connectivity index (χ4v) is 3.05. The lowest BCUT2D eigenvalue weighted by Crippen LogP contribution is -2.25. The molecular formula is C21H25N3O3. The van der Waals surface area contributed by atoms with Crippen molar-refractivity contribution < 1.29 is 14.3 Å². The number of nitrogens with one attached hydrogen (secondary N) is 1. The molecule has 6 heteroatoms. The Kier molecular flexibility index (Phi) is 6.30. The van der Waals surface area contributed by atoms with Gasteiger partial charge in [0.25, 0.3) is 0 Å². The molecular weight excluding hydrogens is 342 g/mol. The van der Waals surface area contributed by atoms with E-state index in [0.717, 1.165) is 29.6 Å². The number of ether oxygens (including phenoxy) is 2. The van der Waals surface area contributed by atoms with Crippen LogP contribution in [0.5, 0.6) is 11.5 Å². The summed E-state index contributed by atoms with van der Waals surface area (Å²) in [5, 5.41) is 2.99. The van der Waals surface area contributed by atoms with Crippen molar-refractivity contribution in [1.82, 2.24) is 14.9 Å². The summed E-state index contributed by atoms with van der Waals surface area (Å²) in [7, 11) is 3.22. The monoisotopic (exact) mass is 367 g/mol. The summed E-state index contributed by atoms with van der Waals surface area (Å²) in [4.78, 5) is 16.5. The topological polar surface area (TPSA) is 65.4 Å². The Bertz CT molecular complexity index is 905. The third-order valence-electron chi connectivity index (χ3n) is 4.51. The van der Waals surface area contributed by atoms with E-state index in [1.165, 1.54) is 0 Å². The molecule has 0 aliphatic carbocycles. The minimum Gasteiger partial charge on any atom is -0.493 e. The molecule has 1 amide bonds. The van der Waals surface area contributed by atoms with Gasteiger partial charge in [-0.25, -0.2) is 4.98 Å². The molecule has 0 fully saturated rings. The van der Waals surface area contributed by atoms with Crippen LogP contribution in [0, 0.1) is 0 Å². The predicted molar refractivity (Wildman–Crippen MR) is 105 cm³/mol. The number of methoxy groups -OCH3 is 2. The van der Waals surface area contributed by atoms with Crippen LogP contribution in [-0.2, 0) is 17.8 Å². The first kappa shape index (κ1) is 18.8. The zero-order chi connectivity index (χ0) is 19.1. The van der Waals surface area contributed by atoms with Gasteiger partial charge in [0.2, 0.25) is 5.91 Å². The van der Waals surface area contributed by atoms with Gasteiger partial charge >= 0.3 is 0 Å². The molecule has 2 aromatic carbocycles. The van der Waals surface area contributed by atoms with Crippen molar-refractivity contribution in [2.45, 2.75) is 25.8 Å². The summed E-state index contributed by atoms with van der Waals surface area (Å²) < 4.78 is 12.6. The number of nitrogens with zero attached hydrogens (tertiary/aromatic N) is 2. The fraction of sp³-hybridized carbons (Fsp3) is 0.333. The third kappa shape index (κ3) is 4.78. The van der Waals surface area contributed by atoms with E-state index in [0.29, 0.717) is 30.9 Å². The van der Waals surface area contributed by atoms with Crippen molar-refractivity contribution in [1.29, 1.82) is 0 Å². The molecule has 0 bridgehead atoms. The predicted octanol–water partition coefficient (Wildman–Crippen LogP) is 3.19. The highest BCUT2D eigenvalue weighted by Gasteiger charge is 2.07. The first-order valence-corrected chi connectivity index (χ1v) is 9.08. The lowest BCUT2D eigenvalue weighted by molar-refractivity contribution is -0.121. The zero-order valence-electron chi connectivity index (χ0n) is 15.8. The first-order valence-electron chi connectivity index (χ1n) is 9.08. The average molecular weight is 367 g/mol. The Hall–Kier alpha value is -3.02. The van der Waals surface area contributed by atoms with E-state index < -0.39 is 0 Å². The second-order valence-corrected chi connectivity index (χ2v) is 6.32. The van der Waals surface area contributed by atoms with Gasteiger partial charge in [-0.05, 0) is 42.7 Å². The summed E-state index contributed by atoms with van der Waals surface area (Å²) in [6.45, 7) is 1.48. The lowest BCUT2D eigenvalue weighted by Gasteiger charge is -2.10. The molecule has 3 rings (SSSR count). The molecule has 3 aromatic rings. The van der Waals surface area contributed by atoms with Crippen molar-refractivity contribution in [2.24, 2.45) is 0 Å². The quantitative estimate of drug-likeness (QED) is 0.590. The summed E-state index contributed by atoms with van der Waals surface area (Å²) in [6.07, 6.45) is 3.83. The van der Waals surface area contributed by atoms with Gasteiger partial charge in [-0.1, -0.05) is 18.2 Å². The van der Waals surface area contributed by atoms with Crippen LogP contribution in [0.25, 0.3) is 11.0 Å². The summed E-state index contributed by atoms with van der Waals surface area (Å²) >= 11 is 0. The molecule has 0 saturated heterocycles. The number of carbonyl (C=O) groups is 1. The molecule has 0 saturated carbocycles. The second-order valence-electron chi connectivity index (χ2n) is 6.32. The molecule has 0 atom stereocenters. The molecule has 0 unspecified atom stereocenters. The van der Waals surface area contributed by atoms with Crippen LogP contribution >= 0.6 is 0 Å². The number of hydrogen-bond donors (Lipinski definition) is 1. The fourth-order valence-electron chi connectivity index (χ4n) is 3.05. The van der Waals surface area contributed by atoms with Gasteiger partial charge < -0.3 is 19.4 Å². The molecule has 27 heavy (non-hydrogen) atoms. The van der Waals surface area contributed by atoms with Gasteiger partial charge in [-0.3, -0.25) is 4.79 Å². The first-order chi connectivity index (χ1) is 13.2. The maximum Gasteiger partial charge on any atom is 0.220 e. The van der Waals surface area contributed by atoms with Crippen molar-refractivity contribution >= 4 is 16.9 Å². The van der Waals surface area contributed by atoms with Gasteiger partial charge in [-0.15, -0.1) is 0 Å². The van der Waals surface area contributed by atoms with Gasteiger partial charge in [-0.2, -0.15) is 0 Å². The normalized spacial score (nSPS) is 10.7. The number of aromatic nitrogens is 2. The standard InChI is InChI=1S/C21H25N3O3/c1-26-19-10-8-16(14-20(19)27-2)9-11-21(25)22-12-5-13-24-15-23-17-6-3-4-7-18(17)24/h3-4,6-8,10,14-15H,5,9,11-13H2,1-2H3,(H,22,25). The molecule has 1 aromatic heterocycles. The van der Waals surface area contributed by atoms with E-state index >= 15 is 0 Å². The highest BCUT2D eigenvalue weighted by Crippen LogP contribution is 2.27. The smallest absolute Gasteiger partial charge is 0.220 e. The van der Waals surface area contributed by atoms with Gasteiger partial charge in [0.15, 0.2) is 11.5 Å². The number of benzene rings is 2. The van der Waals surface area contributed by atoms with Gasteiger partial charge in [0.1, 0.15) is 0 Å². The Balaban J connectivity index is 1.41. The van der Waals surface area contributed by atoms with Crippen LogP contribution < -0.4 is 14.8 Å². The van der Waals surface area contributed by atoms with E-state index in [1.54, 1.807) is 14.2 Å². The summed E-state index contributed by atoms with van der Waals surface area (Å²) in [5.74, 6) is 1.43. The largest absolute Gasteiger partial charge is 0.493 e. The Morgan fingerprint density at radius 2 is 1.93 bits per heavy atom. The Labute approximate surface area is 159 Å². The van der Waals surface area contributed by atoms with Crippen LogP contribution in [0.4, 0.5) is 0 Å².